The van der Waals surface area contributed by atoms with E-state index in [9.17, 15) is 9.59 Å². The average Bonchev–Trinajstić information content (AvgIpc) is 2.30. The zero-order valence-electron chi connectivity index (χ0n) is 10.0. The highest BCUT2D eigenvalue weighted by Gasteiger charge is 2.18. The molecule has 0 aliphatic carbocycles. The van der Waals surface area contributed by atoms with Gasteiger partial charge in [-0.3, -0.25) is 4.79 Å². The lowest BCUT2D eigenvalue weighted by Crippen LogP contribution is -2.41. The van der Waals surface area contributed by atoms with E-state index >= 15 is 0 Å². The summed E-state index contributed by atoms with van der Waals surface area (Å²) in [5, 5.41) is 11.4. The number of amides is 1. The van der Waals surface area contributed by atoms with E-state index in [-0.39, 0.29) is 0 Å². The molecule has 0 radical (unpaired) electrons. The fourth-order valence-electron chi connectivity index (χ4n) is 0.998. The van der Waals surface area contributed by atoms with Gasteiger partial charge in [-0.05, 0) is 12.2 Å². The van der Waals surface area contributed by atoms with Crippen LogP contribution in [-0.2, 0) is 9.59 Å². The van der Waals surface area contributed by atoms with Crippen LogP contribution in [0.3, 0.4) is 0 Å². The molecule has 2 N–H and O–H groups in total. The van der Waals surface area contributed by atoms with Crippen molar-refractivity contribution >= 4 is 23.6 Å². The lowest BCUT2D eigenvalue weighted by atomic mass is 10.3. The van der Waals surface area contributed by atoms with Crippen molar-refractivity contribution in [1.82, 2.24) is 5.32 Å². The van der Waals surface area contributed by atoms with E-state index in [4.69, 9.17) is 5.11 Å². The normalized spacial score (nSPS) is 12.3. The summed E-state index contributed by atoms with van der Waals surface area (Å²) in [4.78, 5) is 22.2. The number of carboxylic acids is 1. The third-order valence-electron chi connectivity index (χ3n) is 1.93. The maximum Gasteiger partial charge on any atom is 0.327 e. The van der Waals surface area contributed by atoms with Gasteiger partial charge in [0.25, 0.3) is 0 Å². The Labute approximate surface area is 106 Å². The van der Waals surface area contributed by atoms with Gasteiger partial charge in [0.2, 0.25) is 5.91 Å². The van der Waals surface area contributed by atoms with Gasteiger partial charge in [0.1, 0.15) is 6.04 Å². The molecule has 0 fully saturated rings. The van der Waals surface area contributed by atoms with Gasteiger partial charge in [0.05, 0.1) is 0 Å². The predicted octanol–water partition coefficient (Wildman–Crippen LogP) is 1.83. The molecule has 1 unspecified atom stereocenters. The Morgan fingerprint density at radius 3 is 2.76 bits per heavy atom. The summed E-state index contributed by atoms with van der Waals surface area (Å²) in [5.74, 6) is -0.107. The maximum atomic E-state index is 11.3. The molecule has 0 aromatic carbocycles. The molecule has 4 nitrogen and oxygen atoms in total. The van der Waals surface area contributed by atoms with E-state index in [1.807, 2.05) is 0 Å². The van der Waals surface area contributed by atoms with Gasteiger partial charge in [-0.1, -0.05) is 32.1 Å². The molecular weight excluding hydrogens is 238 g/mol. The summed E-state index contributed by atoms with van der Waals surface area (Å²) in [6.45, 7) is 5.51. The third-order valence-corrected chi connectivity index (χ3v) is 3.07. The zero-order valence-corrected chi connectivity index (χ0v) is 10.8. The minimum Gasteiger partial charge on any atom is -0.480 e. The number of carboxylic acid groups (broad SMARTS) is 1. The second-order valence-corrected chi connectivity index (χ2v) is 4.57. The van der Waals surface area contributed by atoms with E-state index in [0.717, 1.165) is 18.6 Å². The molecule has 1 atom stereocenters. The van der Waals surface area contributed by atoms with Crippen LogP contribution in [0, 0.1) is 0 Å². The highest BCUT2D eigenvalue weighted by Crippen LogP contribution is 2.06. The van der Waals surface area contributed by atoms with Crippen LogP contribution in [-0.4, -0.2) is 34.5 Å². The maximum absolute atomic E-state index is 11.3. The molecule has 0 aromatic heterocycles. The Morgan fingerprint density at radius 1 is 1.53 bits per heavy atom. The number of rotatable bonds is 9. The van der Waals surface area contributed by atoms with Crippen molar-refractivity contribution in [2.45, 2.75) is 25.8 Å². The van der Waals surface area contributed by atoms with Crippen LogP contribution in [0.5, 0.6) is 0 Å². The fraction of sp³-hybridized carbons (Fsp3) is 0.500. The number of thioether (sulfide) groups is 1. The first-order valence-corrected chi connectivity index (χ1v) is 6.67. The summed E-state index contributed by atoms with van der Waals surface area (Å²) in [5.41, 5.74) is 0. The number of nitrogens with one attached hydrogen (secondary N) is 1. The highest BCUT2D eigenvalue weighted by molar-refractivity contribution is 7.99. The third kappa shape index (κ3) is 8.56. The Hall–Kier alpha value is -1.23. The van der Waals surface area contributed by atoms with Crippen molar-refractivity contribution in [3.05, 3.63) is 24.8 Å². The van der Waals surface area contributed by atoms with E-state index in [1.165, 1.54) is 18.2 Å². The molecule has 0 bridgehead atoms. The van der Waals surface area contributed by atoms with Gasteiger partial charge in [-0.25, -0.2) is 4.79 Å². The highest BCUT2D eigenvalue weighted by atomic mass is 32.2. The molecule has 96 valence electrons. The van der Waals surface area contributed by atoms with Crippen molar-refractivity contribution in [1.29, 1.82) is 0 Å². The van der Waals surface area contributed by atoms with Crippen molar-refractivity contribution in [3.63, 3.8) is 0 Å². The van der Waals surface area contributed by atoms with E-state index in [2.05, 4.69) is 18.8 Å². The van der Waals surface area contributed by atoms with Crippen LogP contribution >= 0.6 is 11.8 Å². The molecule has 0 aliphatic rings. The second kappa shape index (κ2) is 9.96. The molecule has 17 heavy (non-hydrogen) atoms. The minimum atomic E-state index is -1.01. The predicted molar refractivity (Wildman–Crippen MR) is 71.1 cm³/mol. The van der Waals surface area contributed by atoms with Gasteiger partial charge in [0.15, 0.2) is 0 Å². The number of carbonyl (C=O) groups excluding carboxylic acids is 1. The molecule has 0 rings (SSSR count). The van der Waals surface area contributed by atoms with E-state index in [1.54, 1.807) is 11.8 Å². The summed E-state index contributed by atoms with van der Waals surface area (Å²) in [7, 11) is 0. The Morgan fingerprint density at radius 2 is 2.24 bits per heavy atom. The fourth-order valence-corrected chi connectivity index (χ4v) is 2.12. The van der Waals surface area contributed by atoms with E-state index < -0.39 is 17.9 Å². The monoisotopic (exact) mass is 257 g/mol. The summed E-state index contributed by atoms with van der Waals surface area (Å²) in [6, 6.07) is -0.834. The zero-order chi connectivity index (χ0) is 13.1. The first kappa shape index (κ1) is 15.8. The molecule has 0 saturated heterocycles. The topological polar surface area (TPSA) is 66.4 Å². The van der Waals surface area contributed by atoms with Crippen LogP contribution in [0.1, 0.15) is 19.8 Å². The summed E-state index contributed by atoms with van der Waals surface area (Å²) >= 11 is 1.54. The van der Waals surface area contributed by atoms with Gasteiger partial charge >= 0.3 is 5.97 Å². The summed E-state index contributed by atoms with van der Waals surface area (Å²) in [6.07, 6.45) is 6.34. The van der Waals surface area contributed by atoms with Crippen LogP contribution in [0.2, 0.25) is 0 Å². The standard InChI is InChI=1S/C12H19NO3S/c1-3-5-7-11(14)13-10(12(15)16)9-17-8-6-4-2/h3,5,7,10H,1,4,6,8-9H2,2H3,(H,13,14)(H,15,16). The number of hydrogen-bond donors (Lipinski definition) is 2. The van der Waals surface area contributed by atoms with Gasteiger partial charge in [-0.15, -0.1) is 0 Å². The van der Waals surface area contributed by atoms with Gasteiger partial charge in [-0.2, -0.15) is 11.8 Å². The molecule has 0 spiro atoms. The molecule has 5 heteroatoms. The summed E-state index contributed by atoms with van der Waals surface area (Å²) < 4.78 is 0. The Balaban J connectivity index is 4.06. The van der Waals surface area contributed by atoms with Crippen molar-refractivity contribution < 1.29 is 14.7 Å². The molecule has 0 saturated carbocycles. The van der Waals surface area contributed by atoms with Crippen LogP contribution in [0.15, 0.2) is 24.8 Å². The molecule has 0 heterocycles. The second-order valence-electron chi connectivity index (χ2n) is 3.42. The number of hydrogen-bond acceptors (Lipinski definition) is 3. The minimum absolute atomic E-state index is 0.392. The first-order valence-electron chi connectivity index (χ1n) is 5.52. The smallest absolute Gasteiger partial charge is 0.327 e. The lowest BCUT2D eigenvalue weighted by molar-refractivity contribution is -0.140. The van der Waals surface area contributed by atoms with Crippen molar-refractivity contribution in [2.24, 2.45) is 0 Å². The Bertz CT molecular complexity index is 289. The number of carbonyl (C=O) groups is 2. The first-order chi connectivity index (χ1) is 8.11. The number of aliphatic carboxylic acids is 1. The number of allylic oxidation sites excluding steroid dienone is 2. The van der Waals surface area contributed by atoms with E-state index in [0.29, 0.717) is 5.75 Å². The van der Waals surface area contributed by atoms with Crippen LogP contribution in [0.25, 0.3) is 0 Å². The molecule has 0 aromatic rings. The van der Waals surface area contributed by atoms with Crippen molar-refractivity contribution in [2.75, 3.05) is 11.5 Å². The lowest BCUT2D eigenvalue weighted by Gasteiger charge is -2.12. The van der Waals surface area contributed by atoms with Crippen molar-refractivity contribution in [3.8, 4) is 0 Å². The average molecular weight is 257 g/mol. The number of unbranched alkanes of at least 4 members (excludes halogenated alkanes) is 1. The van der Waals surface area contributed by atoms with Gasteiger partial charge < -0.3 is 10.4 Å². The van der Waals surface area contributed by atoms with Crippen LogP contribution in [0.4, 0.5) is 0 Å². The van der Waals surface area contributed by atoms with Gasteiger partial charge in [0, 0.05) is 11.8 Å². The largest absolute Gasteiger partial charge is 0.480 e. The molecule has 0 aliphatic heterocycles. The SMILES string of the molecule is C=CC=CC(=O)NC(CSCCCC)C(=O)O. The molecular formula is C12H19NO3S. The Kier molecular flexibility index (Phi) is 9.24. The molecule has 1 amide bonds. The van der Waals surface area contributed by atoms with Crippen LogP contribution < -0.4 is 5.32 Å². The quantitative estimate of drug-likeness (QED) is 0.376.